The summed E-state index contributed by atoms with van der Waals surface area (Å²) in [5.74, 6) is 0. The first-order valence-corrected chi connectivity index (χ1v) is 8.52. The zero-order valence-corrected chi connectivity index (χ0v) is 14.2. The number of rotatable bonds is 7. The van der Waals surface area contributed by atoms with Gasteiger partial charge in [-0.25, -0.2) is 0 Å². The Morgan fingerprint density at radius 2 is 1.04 bits per heavy atom. The van der Waals surface area contributed by atoms with Crippen LogP contribution in [0.1, 0.15) is 16.7 Å². The van der Waals surface area contributed by atoms with Crippen LogP contribution < -0.4 is 0 Å². The minimum Gasteiger partial charge on any atom is -0.365 e. The number of hydrogen-bond acceptors (Lipinski definition) is 1. The first-order valence-electron chi connectivity index (χ1n) is 8.52. The summed E-state index contributed by atoms with van der Waals surface area (Å²) in [5.41, 5.74) is 3.52. The van der Waals surface area contributed by atoms with Gasteiger partial charge in [-0.2, -0.15) is 0 Å². The summed E-state index contributed by atoms with van der Waals surface area (Å²) in [5, 5.41) is 0. The molecule has 0 heterocycles. The predicted molar refractivity (Wildman–Crippen MR) is 106 cm³/mol. The van der Waals surface area contributed by atoms with Gasteiger partial charge in [-0.15, -0.1) is 0 Å². The molecule has 3 aromatic carbocycles. The first-order chi connectivity index (χ1) is 12.4. The van der Waals surface area contributed by atoms with Crippen molar-refractivity contribution in [3.8, 4) is 0 Å². The standard InChI is InChI=1S/C24H22O/c1-4-10-21(11-5-1)16-18-24(19-17-22-12-6-2-7-13-22)25-20-23-14-8-3-9-15-23/h1-19,24H,20H2/b18-16+,19-17+. The highest BCUT2D eigenvalue weighted by Gasteiger charge is 2.01. The largest absolute Gasteiger partial charge is 0.365 e. The second kappa shape index (κ2) is 9.41. The molecule has 0 aliphatic rings. The van der Waals surface area contributed by atoms with Gasteiger partial charge in [0, 0.05) is 0 Å². The molecular formula is C24H22O. The highest BCUT2D eigenvalue weighted by Crippen LogP contribution is 2.11. The van der Waals surface area contributed by atoms with Gasteiger partial charge in [-0.1, -0.05) is 115 Å². The Kier molecular flexibility index (Phi) is 6.38. The minimum absolute atomic E-state index is 0.0828. The molecule has 0 amide bonds. The molecule has 0 radical (unpaired) electrons. The molecule has 124 valence electrons. The maximum Gasteiger partial charge on any atom is 0.0948 e. The van der Waals surface area contributed by atoms with Crippen molar-refractivity contribution in [1.82, 2.24) is 0 Å². The van der Waals surface area contributed by atoms with E-state index in [1.165, 1.54) is 16.7 Å². The molecule has 3 aromatic rings. The van der Waals surface area contributed by atoms with Crippen molar-refractivity contribution in [1.29, 1.82) is 0 Å². The molecular weight excluding hydrogens is 304 g/mol. The summed E-state index contributed by atoms with van der Waals surface area (Å²) in [4.78, 5) is 0. The zero-order chi connectivity index (χ0) is 17.2. The summed E-state index contributed by atoms with van der Waals surface area (Å²) in [6.45, 7) is 0.587. The smallest absolute Gasteiger partial charge is 0.0948 e. The van der Waals surface area contributed by atoms with Crippen LogP contribution in [0.15, 0.2) is 103 Å². The Labute approximate surface area is 149 Å². The molecule has 1 heteroatoms. The van der Waals surface area contributed by atoms with Crippen molar-refractivity contribution in [2.24, 2.45) is 0 Å². The van der Waals surface area contributed by atoms with Crippen LogP contribution in [0.4, 0.5) is 0 Å². The van der Waals surface area contributed by atoms with Crippen molar-refractivity contribution < 1.29 is 4.74 Å². The van der Waals surface area contributed by atoms with Crippen LogP contribution in [0.2, 0.25) is 0 Å². The van der Waals surface area contributed by atoms with E-state index >= 15 is 0 Å². The molecule has 0 saturated carbocycles. The van der Waals surface area contributed by atoms with Crippen LogP contribution in [0.3, 0.4) is 0 Å². The van der Waals surface area contributed by atoms with Crippen LogP contribution in [0, 0.1) is 0 Å². The van der Waals surface area contributed by atoms with E-state index in [2.05, 4.69) is 60.7 Å². The minimum atomic E-state index is -0.0828. The fourth-order valence-corrected chi connectivity index (χ4v) is 2.48. The molecule has 0 fully saturated rings. The van der Waals surface area contributed by atoms with Gasteiger partial charge in [0.15, 0.2) is 0 Å². The third-order valence-corrected chi connectivity index (χ3v) is 3.84. The molecule has 0 aliphatic heterocycles. The fourth-order valence-electron chi connectivity index (χ4n) is 2.48. The molecule has 0 spiro atoms. The van der Waals surface area contributed by atoms with Gasteiger partial charge in [-0.05, 0) is 16.7 Å². The SMILES string of the molecule is C(=C\C(/C=C/c1ccccc1)OCc1ccccc1)/c1ccccc1. The maximum absolute atomic E-state index is 6.10. The van der Waals surface area contributed by atoms with E-state index in [4.69, 9.17) is 4.74 Å². The Balaban J connectivity index is 1.70. The topological polar surface area (TPSA) is 9.23 Å². The molecule has 0 bridgehead atoms. The lowest BCUT2D eigenvalue weighted by atomic mass is 10.1. The third kappa shape index (κ3) is 5.91. The normalized spacial score (nSPS) is 11.6. The Hall–Kier alpha value is -2.90. The van der Waals surface area contributed by atoms with Gasteiger partial charge >= 0.3 is 0 Å². The molecule has 0 N–H and O–H groups in total. The second-order valence-corrected chi connectivity index (χ2v) is 5.80. The second-order valence-electron chi connectivity index (χ2n) is 5.80. The van der Waals surface area contributed by atoms with Crippen molar-refractivity contribution in [3.05, 3.63) is 120 Å². The number of benzene rings is 3. The van der Waals surface area contributed by atoms with Gasteiger partial charge in [0.05, 0.1) is 12.7 Å². The van der Waals surface area contributed by atoms with Crippen LogP contribution in [0.5, 0.6) is 0 Å². The molecule has 3 rings (SSSR count). The summed E-state index contributed by atoms with van der Waals surface area (Å²) in [6, 6.07) is 30.8. The lowest BCUT2D eigenvalue weighted by molar-refractivity contribution is 0.102. The van der Waals surface area contributed by atoms with Crippen LogP contribution >= 0.6 is 0 Å². The van der Waals surface area contributed by atoms with E-state index in [9.17, 15) is 0 Å². The molecule has 0 saturated heterocycles. The Morgan fingerprint density at radius 1 is 0.600 bits per heavy atom. The van der Waals surface area contributed by atoms with Crippen molar-refractivity contribution in [2.75, 3.05) is 0 Å². The quantitative estimate of drug-likeness (QED) is 0.517. The average Bonchev–Trinajstić information content (AvgIpc) is 2.70. The Bertz CT molecular complexity index is 740. The number of ether oxygens (including phenoxy) is 1. The molecule has 0 aliphatic carbocycles. The fraction of sp³-hybridized carbons (Fsp3) is 0.0833. The van der Waals surface area contributed by atoms with Gasteiger partial charge in [0.1, 0.15) is 0 Å². The third-order valence-electron chi connectivity index (χ3n) is 3.84. The van der Waals surface area contributed by atoms with E-state index in [0.29, 0.717) is 6.61 Å². The molecule has 0 unspecified atom stereocenters. The molecule has 0 aromatic heterocycles. The van der Waals surface area contributed by atoms with Crippen molar-refractivity contribution >= 4 is 12.2 Å². The van der Waals surface area contributed by atoms with Crippen LogP contribution in [0.25, 0.3) is 12.2 Å². The van der Waals surface area contributed by atoms with E-state index in [1.54, 1.807) is 0 Å². The highest BCUT2D eigenvalue weighted by molar-refractivity contribution is 5.53. The maximum atomic E-state index is 6.10. The van der Waals surface area contributed by atoms with Gasteiger partial charge in [0.2, 0.25) is 0 Å². The Morgan fingerprint density at radius 3 is 1.52 bits per heavy atom. The monoisotopic (exact) mass is 326 g/mol. The van der Waals surface area contributed by atoms with Crippen LogP contribution in [-0.4, -0.2) is 6.10 Å². The first kappa shape index (κ1) is 16.9. The summed E-state index contributed by atoms with van der Waals surface area (Å²) in [6.07, 6.45) is 8.31. The van der Waals surface area contributed by atoms with Crippen LogP contribution in [-0.2, 0) is 11.3 Å². The number of hydrogen-bond donors (Lipinski definition) is 0. The lowest BCUT2D eigenvalue weighted by Gasteiger charge is -2.11. The van der Waals surface area contributed by atoms with Crippen molar-refractivity contribution in [3.63, 3.8) is 0 Å². The average molecular weight is 326 g/mol. The molecule has 0 atom stereocenters. The van der Waals surface area contributed by atoms with E-state index in [0.717, 1.165) is 0 Å². The molecule has 25 heavy (non-hydrogen) atoms. The summed E-state index contributed by atoms with van der Waals surface area (Å²) in [7, 11) is 0. The van der Waals surface area contributed by atoms with E-state index in [1.807, 2.05) is 54.6 Å². The van der Waals surface area contributed by atoms with E-state index < -0.39 is 0 Å². The van der Waals surface area contributed by atoms with Crippen molar-refractivity contribution in [2.45, 2.75) is 12.7 Å². The van der Waals surface area contributed by atoms with Gasteiger partial charge in [-0.3, -0.25) is 0 Å². The van der Waals surface area contributed by atoms with Gasteiger partial charge < -0.3 is 4.74 Å². The predicted octanol–water partition coefficient (Wildman–Crippen LogP) is 6.00. The lowest BCUT2D eigenvalue weighted by Crippen LogP contribution is -2.06. The summed E-state index contributed by atoms with van der Waals surface area (Å²) < 4.78 is 6.10. The zero-order valence-electron chi connectivity index (χ0n) is 14.2. The summed E-state index contributed by atoms with van der Waals surface area (Å²) >= 11 is 0. The van der Waals surface area contributed by atoms with Gasteiger partial charge in [0.25, 0.3) is 0 Å². The molecule has 1 nitrogen and oxygen atoms in total. The van der Waals surface area contributed by atoms with E-state index in [-0.39, 0.29) is 6.10 Å². The highest BCUT2D eigenvalue weighted by atomic mass is 16.5.